The molecule has 1 aromatic rings. The lowest BCUT2D eigenvalue weighted by Gasteiger charge is -2.03. The Labute approximate surface area is 93.5 Å². The van der Waals surface area contributed by atoms with E-state index < -0.39 is 5.82 Å². The highest BCUT2D eigenvalue weighted by Crippen LogP contribution is 2.20. The van der Waals surface area contributed by atoms with Crippen LogP contribution in [-0.2, 0) is 0 Å². The van der Waals surface area contributed by atoms with Crippen LogP contribution in [0.5, 0.6) is 0 Å². The Bertz CT molecular complexity index is 367. The lowest BCUT2D eigenvalue weighted by molar-refractivity contribution is 0.320. The minimum Gasteiger partial charge on any atom is -0.410 e. The zero-order valence-electron chi connectivity index (χ0n) is 6.68. The maximum Gasteiger partial charge on any atom is 0.178 e. The van der Waals surface area contributed by atoms with Gasteiger partial charge in [0.15, 0.2) is 5.17 Å². The molecule has 1 rings (SSSR count). The van der Waals surface area contributed by atoms with Gasteiger partial charge in [-0.1, -0.05) is 22.8 Å². The topological polar surface area (TPSA) is 32.6 Å². The summed E-state index contributed by atoms with van der Waals surface area (Å²) < 4.78 is 13.9. The van der Waals surface area contributed by atoms with Crippen molar-refractivity contribution in [3.05, 3.63) is 32.6 Å². The maximum absolute atomic E-state index is 13.4. The van der Waals surface area contributed by atoms with Crippen molar-refractivity contribution < 1.29 is 9.60 Å². The van der Waals surface area contributed by atoms with Crippen molar-refractivity contribution in [1.29, 1.82) is 0 Å². The number of oxime groups is 1. The van der Waals surface area contributed by atoms with Gasteiger partial charge in [-0.05, 0) is 41.1 Å². The van der Waals surface area contributed by atoms with E-state index in [4.69, 9.17) is 16.8 Å². The fraction of sp³-hybridized carbons (Fsp3) is 0.125. The number of hydrogen-bond donors (Lipinski definition) is 1. The normalized spacial score (nSPS) is 11.8. The summed E-state index contributed by atoms with van der Waals surface area (Å²) in [5.41, 5.74) is 0.934. The van der Waals surface area contributed by atoms with E-state index in [9.17, 15) is 4.39 Å². The molecule has 0 unspecified atom stereocenters. The van der Waals surface area contributed by atoms with Crippen molar-refractivity contribution in [1.82, 2.24) is 0 Å². The quantitative estimate of drug-likeness (QED) is 0.367. The van der Waals surface area contributed by atoms with Gasteiger partial charge in [-0.3, -0.25) is 0 Å². The molecule has 13 heavy (non-hydrogen) atoms. The number of benzene rings is 1. The van der Waals surface area contributed by atoms with E-state index in [1.54, 1.807) is 13.0 Å². The predicted molar refractivity (Wildman–Crippen MR) is 58.0 cm³/mol. The smallest absolute Gasteiger partial charge is 0.178 e. The molecular weight excluding hydrogens is 307 g/mol. The van der Waals surface area contributed by atoms with Crippen molar-refractivity contribution in [2.24, 2.45) is 5.16 Å². The van der Waals surface area contributed by atoms with Crippen LogP contribution in [0.4, 0.5) is 4.39 Å². The molecule has 2 nitrogen and oxygen atoms in total. The molecule has 1 N–H and O–H groups in total. The van der Waals surface area contributed by atoms with Crippen LogP contribution < -0.4 is 0 Å². The fourth-order valence-electron chi connectivity index (χ4n) is 0.859. The summed E-state index contributed by atoms with van der Waals surface area (Å²) in [7, 11) is 0. The molecule has 0 aliphatic heterocycles. The lowest BCUT2D eigenvalue weighted by Crippen LogP contribution is -1.99. The Morgan fingerprint density at radius 1 is 1.62 bits per heavy atom. The fourth-order valence-corrected chi connectivity index (χ4v) is 1.48. The third-order valence-corrected chi connectivity index (χ3v) is 3.19. The van der Waals surface area contributed by atoms with Gasteiger partial charge >= 0.3 is 0 Å². The van der Waals surface area contributed by atoms with Crippen molar-refractivity contribution in [3.63, 3.8) is 0 Å². The summed E-state index contributed by atoms with van der Waals surface area (Å²) in [5.74, 6) is -0.455. The second-order valence-corrected chi connectivity index (χ2v) is 3.89. The Balaban J connectivity index is 3.34. The van der Waals surface area contributed by atoms with Crippen LogP contribution in [0.15, 0.2) is 17.3 Å². The number of halogens is 3. The van der Waals surface area contributed by atoms with Crippen LogP contribution in [0.1, 0.15) is 11.1 Å². The Morgan fingerprint density at radius 3 is 2.77 bits per heavy atom. The number of nitrogens with zero attached hydrogens (tertiary/aromatic N) is 1. The van der Waals surface area contributed by atoms with E-state index in [-0.39, 0.29) is 10.7 Å². The highest BCUT2D eigenvalue weighted by molar-refractivity contribution is 14.1. The van der Waals surface area contributed by atoms with E-state index in [0.717, 1.165) is 5.56 Å². The van der Waals surface area contributed by atoms with Gasteiger partial charge in [-0.25, -0.2) is 4.39 Å². The van der Waals surface area contributed by atoms with Gasteiger partial charge in [0.2, 0.25) is 0 Å². The first-order valence-corrected chi connectivity index (χ1v) is 4.86. The SMILES string of the molecule is Cc1ccc(C(Cl)=NO)c(F)c1I. The monoisotopic (exact) mass is 313 g/mol. The Kier molecular flexibility index (Phi) is 3.49. The maximum atomic E-state index is 13.4. The van der Waals surface area contributed by atoms with Gasteiger partial charge in [0.05, 0.1) is 9.13 Å². The van der Waals surface area contributed by atoms with Crippen molar-refractivity contribution >= 4 is 39.4 Å². The van der Waals surface area contributed by atoms with Crippen LogP contribution >= 0.6 is 34.2 Å². The van der Waals surface area contributed by atoms with E-state index in [1.165, 1.54) is 6.07 Å². The summed E-state index contributed by atoms with van der Waals surface area (Å²) in [4.78, 5) is 0. The second-order valence-electron chi connectivity index (χ2n) is 2.45. The molecule has 0 saturated carbocycles. The molecule has 0 heterocycles. The minimum absolute atomic E-state index is 0.110. The summed E-state index contributed by atoms with van der Waals surface area (Å²) in [6.45, 7) is 1.79. The highest BCUT2D eigenvalue weighted by atomic mass is 127. The van der Waals surface area contributed by atoms with E-state index in [2.05, 4.69) is 5.16 Å². The van der Waals surface area contributed by atoms with Crippen molar-refractivity contribution in [2.75, 3.05) is 0 Å². The molecule has 0 aliphatic rings. The highest BCUT2D eigenvalue weighted by Gasteiger charge is 2.12. The van der Waals surface area contributed by atoms with Crippen LogP contribution in [0.2, 0.25) is 0 Å². The minimum atomic E-state index is -0.455. The largest absolute Gasteiger partial charge is 0.410 e. The summed E-state index contributed by atoms with van der Waals surface area (Å²) in [6.07, 6.45) is 0. The third-order valence-electron chi connectivity index (χ3n) is 1.59. The van der Waals surface area contributed by atoms with Crippen LogP contribution in [0, 0.1) is 16.3 Å². The zero-order chi connectivity index (χ0) is 10.0. The van der Waals surface area contributed by atoms with Gasteiger partial charge < -0.3 is 5.21 Å². The van der Waals surface area contributed by atoms with Gasteiger partial charge in [-0.15, -0.1) is 0 Å². The third kappa shape index (κ3) is 2.11. The number of aryl methyl sites for hydroxylation is 1. The Morgan fingerprint density at radius 2 is 2.23 bits per heavy atom. The first kappa shape index (κ1) is 10.7. The first-order chi connectivity index (χ1) is 6.07. The summed E-state index contributed by atoms with van der Waals surface area (Å²) in [6, 6.07) is 3.20. The van der Waals surface area contributed by atoms with E-state index >= 15 is 0 Å². The molecule has 1 aromatic carbocycles. The molecule has 0 aromatic heterocycles. The molecule has 0 amide bonds. The first-order valence-electron chi connectivity index (χ1n) is 3.40. The van der Waals surface area contributed by atoms with Gasteiger partial charge in [0, 0.05) is 0 Å². The summed E-state index contributed by atoms with van der Waals surface area (Å²) in [5, 5.41) is 10.8. The molecule has 0 radical (unpaired) electrons. The number of rotatable bonds is 1. The predicted octanol–water partition coefficient (Wildman–Crippen LogP) is 3.11. The molecule has 0 bridgehead atoms. The molecular formula is C8H6ClFINO. The van der Waals surface area contributed by atoms with Crippen LogP contribution in [0.25, 0.3) is 0 Å². The molecule has 0 fully saturated rings. The average molecular weight is 313 g/mol. The number of hydrogen-bond acceptors (Lipinski definition) is 2. The molecule has 0 saturated heterocycles. The van der Waals surface area contributed by atoms with Crippen LogP contribution in [-0.4, -0.2) is 10.4 Å². The van der Waals surface area contributed by atoms with E-state index in [1.807, 2.05) is 22.6 Å². The average Bonchev–Trinajstić information content (AvgIpc) is 2.13. The molecule has 0 spiro atoms. The van der Waals surface area contributed by atoms with Gasteiger partial charge in [-0.2, -0.15) is 0 Å². The second kappa shape index (κ2) is 4.23. The molecule has 0 aliphatic carbocycles. The van der Waals surface area contributed by atoms with E-state index in [0.29, 0.717) is 3.57 Å². The molecule has 70 valence electrons. The zero-order valence-corrected chi connectivity index (χ0v) is 9.60. The Hall–Kier alpha value is -0.360. The van der Waals surface area contributed by atoms with Gasteiger partial charge in [0.25, 0.3) is 0 Å². The van der Waals surface area contributed by atoms with Crippen molar-refractivity contribution in [2.45, 2.75) is 6.92 Å². The standard InChI is InChI=1S/C8H6ClFINO/c1-4-2-3-5(8(9)12-13)6(10)7(4)11/h2-3,13H,1H3. The molecule has 0 atom stereocenters. The van der Waals surface area contributed by atoms with Crippen molar-refractivity contribution in [3.8, 4) is 0 Å². The van der Waals surface area contributed by atoms with Crippen LogP contribution in [0.3, 0.4) is 0 Å². The van der Waals surface area contributed by atoms with Gasteiger partial charge in [0.1, 0.15) is 5.82 Å². The molecule has 5 heteroatoms. The lowest BCUT2D eigenvalue weighted by atomic mass is 10.1. The summed E-state index contributed by atoms with van der Waals surface area (Å²) >= 11 is 7.35.